The Morgan fingerprint density at radius 1 is 1.31 bits per heavy atom. The van der Waals surface area contributed by atoms with Gasteiger partial charge in [-0.05, 0) is 24.6 Å². The molecule has 2 aromatic rings. The first-order valence-electron chi connectivity index (χ1n) is 7.54. The van der Waals surface area contributed by atoms with Crippen molar-refractivity contribution in [2.45, 2.75) is 19.6 Å². The van der Waals surface area contributed by atoms with Crippen molar-refractivity contribution < 1.29 is 27.8 Å². The molecule has 0 radical (unpaired) electrons. The quantitative estimate of drug-likeness (QED) is 0.813. The van der Waals surface area contributed by atoms with Gasteiger partial charge < -0.3 is 19.5 Å². The maximum absolute atomic E-state index is 12.5. The Balaban J connectivity index is 2.12. The zero-order valence-corrected chi connectivity index (χ0v) is 14.2. The highest BCUT2D eigenvalue weighted by Crippen LogP contribution is 2.39. The molecule has 0 saturated heterocycles. The van der Waals surface area contributed by atoms with Crippen molar-refractivity contribution in [3.8, 4) is 11.5 Å². The number of rotatable bonds is 5. The van der Waals surface area contributed by atoms with E-state index in [0.29, 0.717) is 22.8 Å². The van der Waals surface area contributed by atoms with Crippen LogP contribution in [0.25, 0.3) is 0 Å². The second kappa shape index (κ2) is 6.98. The summed E-state index contributed by atoms with van der Waals surface area (Å²) < 4.78 is 41.0. The highest BCUT2D eigenvalue weighted by atomic mass is 19.3. The number of aromatic nitrogens is 3. The van der Waals surface area contributed by atoms with Crippen LogP contribution in [0.2, 0.25) is 0 Å². The maximum atomic E-state index is 12.5. The molecule has 1 aliphatic heterocycles. The topological polar surface area (TPSA) is 87.5 Å². The third kappa shape index (κ3) is 3.05. The van der Waals surface area contributed by atoms with Crippen molar-refractivity contribution in [2.24, 2.45) is 0 Å². The van der Waals surface area contributed by atoms with Gasteiger partial charge in [0.2, 0.25) is 5.95 Å². The Labute approximate surface area is 147 Å². The fraction of sp³-hybridized carbons (Fsp3) is 0.312. The van der Waals surface area contributed by atoms with E-state index in [1.54, 1.807) is 13.0 Å². The molecule has 0 unspecified atom stereocenters. The lowest BCUT2D eigenvalue weighted by Crippen LogP contribution is -2.29. The molecule has 1 aromatic heterocycles. The first kappa shape index (κ1) is 17.6. The summed E-state index contributed by atoms with van der Waals surface area (Å²) in [5.41, 5.74) is 1.43. The first-order chi connectivity index (χ1) is 12.5. The average molecular weight is 366 g/mol. The van der Waals surface area contributed by atoms with E-state index in [1.807, 2.05) is 0 Å². The van der Waals surface area contributed by atoms with Crippen molar-refractivity contribution in [1.82, 2.24) is 14.8 Å². The van der Waals surface area contributed by atoms with Crippen LogP contribution in [-0.4, -0.2) is 41.6 Å². The van der Waals surface area contributed by atoms with E-state index in [4.69, 9.17) is 9.47 Å². The number of nitrogens with one attached hydrogen (secondary N) is 1. The molecular weight excluding hydrogens is 350 g/mol. The zero-order valence-electron chi connectivity index (χ0n) is 14.2. The summed E-state index contributed by atoms with van der Waals surface area (Å²) in [4.78, 5) is 16.4. The molecule has 138 valence electrons. The van der Waals surface area contributed by atoms with Crippen LogP contribution in [0.3, 0.4) is 0 Å². The summed E-state index contributed by atoms with van der Waals surface area (Å²) in [5, 5.41) is 7.14. The van der Waals surface area contributed by atoms with E-state index >= 15 is 0 Å². The molecule has 0 spiro atoms. The SMILES string of the molecule is COC(=O)C1=C(C)Nc2ncnn2[C@H]1c1ccc(OC(F)F)c(OC)c1. The summed E-state index contributed by atoms with van der Waals surface area (Å²) in [6.45, 7) is -1.27. The van der Waals surface area contributed by atoms with Gasteiger partial charge in [0.05, 0.1) is 19.8 Å². The molecule has 0 amide bonds. The third-order valence-corrected chi connectivity index (χ3v) is 3.92. The van der Waals surface area contributed by atoms with Crippen LogP contribution in [0.4, 0.5) is 14.7 Å². The van der Waals surface area contributed by atoms with Gasteiger partial charge in [0.1, 0.15) is 12.4 Å². The maximum Gasteiger partial charge on any atom is 0.387 e. The molecule has 0 bridgehead atoms. The van der Waals surface area contributed by atoms with Gasteiger partial charge in [-0.25, -0.2) is 9.48 Å². The van der Waals surface area contributed by atoms with Gasteiger partial charge in [0, 0.05) is 5.70 Å². The second-order valence-electron chi connectivity index (χ2n) is 5.37. The smallest absolute Gasteiger partial charge is 0.387 e. The number of methoxy groups -OCH3 is 2. The Morgan fingerprint density at radius 3 is 2.73 bits per heavy atom. The number of hydrogen-bond donors (Lipinski definition) is 1. The Bertz CT molecular complexity index is 866. The number of alkyl halides is 2. The number of ether oxygens (including phenoxy) is 3. The molecule has 1 atom stereocenters. The van der Waals surface area contributed by atoms with E-state index in [-0.39, 0.29) is 11.5 Å². The molecule has 10 heteroatoms. The number of anilines is 1. The Morgan fingerprint density at radius 2 is 2.08 bits per heavy atom. The minimum Gasteiger partial charge on any atom is -0.493 e. The number of halogens is 2. The van der Waals surface area contributed by atoms with Crippen LogP contribution >= 0.6 is 0 Å². The van der Waals surface area contributed by atoms with Gasteiger partial charge in [-0.1, -0.05) is 6.07 Å². The van der Waals surface area contributed by atoms with Gasteiger partial charge in [0.25, 0.3) is 0 Å². The number of carbonyl (C=O) groups is 1. The lowest BCUT2D eigenvalue weighted by atomic mass is 9.95. The molecule has 2 heterocycles. The molecule has 1 aliphatic rings. The number of esters is 1. The standard InChI is InChI=1S/C16H16F2N4O4/c1-8-12(14(23)25-3)13(22-16(21-8)19-7-20-22)9-4-5-10(26-15(17)18)11(6-9)24-2/h4-7,13,15H,1-3H3,(H,19,20,21)/t13-/m0/s1. The Kier molecular flexibility index (Phi) is 4.74. The predicted octanol–water partition coefficient (Wildman–Crippen LogP) is 2.35. The summed E-state index contributed by atoms with van der Waals surface area (Å²) in [6.07, 6.45) is 1.34. The molecule has 3 rings (SSSR count). The Hall–Kier alpha value is -3.17. The van der Waals surface area contributed by atoms with Crippen molar-refractivity contribution in [1.29, 1.82) is 0 Å². The van der Waals surface area contributed by atoms with Crippen LogP contribution < -0.4 is 14.8 Å². The highest BCUT2D eigenvalue weighted by Gasteiger charge is 2.34. The number of allylic oxidation sites excluding steroid dienone is 1. The predicted molar refractivity (Wildman–Crippen MR) is 86.1 cm³/mol. The van der Waals surface area contributed by atoms with E-state index in [0.717, 1.165) is 0 Å². The van der Waals surface area contributed by atoms with Crippen molar-refractivity contribution in [3.05, 3.63) is 41.4 Å². The van der Waals surface area contributed by atoms with Gasteiger partial charge >= 0.3 is 12.6 Å². The first-order valence-corrected chi connectivity index (χ1v) is 7.54. The molecule has 0 aliphatic carbocycles. The van der Waals surface area contributed by atoms with Gasteiger partial charge in [-0.15, -0.1) is 0 Å². The molecule has 1 N–H and O–H groups in total. The largest absolute Gasteiger partial charge is 0.493 e. The molecular formula is C16H16F2N4O4. The second-order valence-corrected chi connectivity index (χ2v) is 5.37. The van der Waals surface area contributed by atoms with Crippen LogP contribution in [0, 0.1) is 0 Å². The normalized spacial score (nSPS) is 16.2. The van der Waals surface area contributed by atoms with Crippen LogP contribution in [0.1, 0.15) is 18.5 Å². The lowest BCUT2D eigenvalue weighted by molar-refractivity contribution is -0.136. The van der Waals surface area contributed by atoms with E-state index < -0.39 is 18.6 Å². The third-order valence-electron chi connectivity index (χ3n) is 3.92. The zero-order chi connectivity index (χ0) is 18.8. The number of carbonyl (C=O) groups excluding carboxylic acids is 1. The minimum atomic E-state index is -2.98. The number of nitrogens with zero attached hydrogens (tertiary/aromatic N) is 3. The molecule has 0 saturated carbocycles. The van der Waals surface area contributed by atoms with Crippen LogP contribution in [0.15, 0.2) is 35.8 Å². The fourth-order valence-electron chi connectivity index (χ4n) is 2.82. The van der Waals surface area contributed by atoms with Gasteiger partial charge in [-0.3, -0.25) is 0 Å². The van der Waals surface area contributed by atoms with Crippen molar-refractivity contribution >= 4 is 11.9 Å². The number of benzene rings is 1. The van der Waals surface area contributed by atoms with Gasteiger partial charge in [0.15, 0.2) is 11.5 Å². The van der Waals surface area contributed by atoms with Crippen LogP contribution in [-0.2, 0) is 9.53 Å². The van der Waals surface area contributed by atoms with Crippen LogP contribution in [0.5, 0.6) is 11.5 Å². The molecule has 8 nitrogen and oxygen atoms in total. The minimum absolute atomic E-state index is 0.102. The van der Waals surface area contributed by atoms with Crippen molar-refractivity contribution in [2.75, 3.05) is 19.5 Å². The molecule has 1 aromatic carbocycles. The van der Waals surface area contributed by atoms with Gasteiger partial charge in [-0.2, -0.15) is 18.9 Å². The monoisotopic (exact) mass is 366 g/mol. The van der Waals surface area contributed by atoms with E-state index in [1.165, 1.54) is 37.4 Å². The molecule has 0 fully saturated rings. The van der Waals surface area contributed by atoms with E-state index in [9.17, 15) is 13.6 Å². The summed E-state index contributed by atoms with van der Waals surface area (Å²) in [7, 11) is 2.61. The average Bonchev–Trinajstić information content (AvgIpc) is 3.07. The number of hydrogen-bond acceptors (Lipinski definition) is 7. The fourth-order valence-corrected chi connectivity index (χ4v) is 2.82. The summed E-state index contributed by atoms with van der Waals surface area (Å²) >= 11 is 0. The highest BCUT2D eigenvalue weighted by molar-refractivity contribution is 5.92. The van der Waals surface area contributed by atoms with E-state index in [2.05, 4.69) is 20.1 Å². The van der Waals surface area contributed by atoms with Crippen molar-refractivity contribution in [3.63, 3.8) is 0 Å². The lowest BCUT2D eigenvalue weighted by Gasteiger charge is -2.28. The molecule has 26 heavy (non-hydrogen) atoms. The summed E-state index contributed by atoms with van der Waals surface area (Å²) in [5.74, 6) is -0.121. The number of fused-ring (bicyclic) bond motifs is 1. The summed E-state index contributed by atoms with van der Waals surface area (Å²) in [6, 6.07) is 3.74.